The maximum Gasteiger partial charge on any atom is 0.318 e. The third-order valence-electron chi connectivity index (χ3n) is 5.49. The first-order valence-corrected chi connectivity index (χ1v) is 11.7. The highest BCUT2D eigenvalue weighted by Crippen LogP contribution is 2.27. The molecular weight excluding hydrogens is 426 g/mol. The lowest BCUT2D eigenvalue weighted by Crippen LogP contribution is -2.44. The molecule has 7 heteroatoms. The van der Waals surface area contributed by atoms with Gasteiger partial charge in [0, 0.05) is 24.6 Å². The molecule has 1 aromatic heterocycles. The molecule has 0 unspecified atom stereocenters. The third kappa shape index (κ3) is 6.47. The van der Waals surface area contributed by atoms with E-state index < -0.39 is 0 Å². The molecule has 0 spiro atoms. The summed E-state index contributed by atoms with van der Waals surface area (Å²) in [5.41, 5.74) is 3.65. The normalized spacial score (nSPS) is 11.2. The van der Waals surface area contributed by atoms with Gasteiger partial charge in [0.15, 0.2) is 0 Å². The van der Waals surface area contributed by atoms with E-state index in [9.17, 15) is 9.59 Å². The van der Waals surface area contributed by atoms with Crippen LogP contribution in [-0.2, 0) is 16.8 Å². The van der Waals surface area contributed by atoms with Gasteiger partial charge in [0.05, 0.1) is 11.4 Å². The maximum absolute atomic E-state index is 13.0. The Morgan fingerprint density at radius 2 is 1.71 bits per heavy atom. The first-order chi connectivity index (χ1) is 16.2. The van der Waals surface area contributed by atoms with Gasteiger partial charge >= 0.3 is 6.03 Å². The van der Waals surface area contributed by atoms with E-state index in [1.165, 1.54) is 4.90 Å². The third-order valence-corrected chi connectivity index (χ3v) is 5.49. The van der Waals surface area contributed by atoms with E-state index in [1.807, 2.05) is 74.5 Å². The lowest BCUT2D eigenvalue weighted by atomic mass is 9.92. The van der Waals surface area contributed by atoms with Crippen LogP contribution in [0.5, 0.6) is 0 Å². The molecule has 3 amide bonds. The van der Waals surface area contributed by atoms with Crippen LogP contribution in [0.1, 0.15) is 50.9 Å². The molecule has 0 aliphatic rings. The molecule has 180 valence electrons. The number of amides is 3. The second-order valence-electron chi connectivity index (χ2n) is 9.48. The van der Waals surface area contributed by atoms with Crippen LogP contribution in [0.2, 0.25) is 0 Å². The number of aromatic nitrogens is 2. The lowest BCUT2D eigenvalue weighted by Gasteiger charge is -2.22. The van der Waals surface area contributed by atoms with Gasteiger partial charge in [-0.1, -0.05) is 76.2 Å². The highest BCUT2D eigenvalue weighted by molar-refractivity contribution is 5.94. The number of carbonyl (C=O) groups excluding carboxylic acids is 2. The van der Waals surface area contributed by atoms with Crippen molar-refractivity contribution in [1.29, 1.82) is 0 Å². The topological polar surface area (TPSA) is 79.3 Å². The second-order valence-corrected chi connectivity index (χ2v) is 9.48. The predicted octanol–water partition coefficient (Wildman–Crippen LogP) is 5.04. The molecule has 0 radical (unpaired) electrons. The Bertz CT molecular complexity index is 1120. The summed E-state index contributed by atoms with van der Waals surface area (Å²) in [7, 11) is 0. The standard InChI is InChI=1S/C27H35N5O2/c1-6-16-31(26(34)28-18-21-13-8-7-9-14-21)19-25(33)29-24-17-23(27(3,4)5)30-32(24)22-15-11-10-12-20(22)2/h7-15,17H,6,16,18-19H2,1-5H3,(H,28,34)(H,29,33). The summed E-state index contributed by atoms with van der Waals surface area (Å²) >= 11 is 0. The van der Waals surface area contributed by atoms with Crippen LogP contribution in [0.3, 0.4) is 0 Å². The quantitative estimate of drug-likeness (QED) is 0.493. The number of aryl methyl sites for hydroxylation is 1. The first kappa shape index (κ1) is 25.0. The fourth-order valence-corrected chi connectivity index (χ4v) is 3.58. The average molecular weight is 462 g/mol. The number of hydrogen-bond acceptors (Lipinski definition) is 3. The largest absolute Gasteiger partial charge is 0.334 e. The summed E-state index contributed by atoms with van der Waals surface area (Å²) < 4.78 is 1.77. The molecule has 34 heavy (non-hydrogen) atoms. The Morgan fingerprint density at radius 1 is 1.03 bits per heavy atom. The number of hydrogen-bond donors (Lipinski definition) is 2. The zero-order chi connectivity index (χ0) is 24.7. The minimum Gasteiger partial charge on any atom is -0.334 e. The van der Waals surface area contributed by atoms with Gasteiger partial charge in [0.25, 0.3) is 0 Å². The molecular formula is C27H35N5O2. The Kier molecular flexibility index (Phi) is 8.10. The van der Waals surface area contributed by atoms with E-state index in [0.717, 1.165) is 28.9 Å². The van der Waals surface area contributed by atoms with Crippen molar-refractivity contribution in [2.45, 2.75) is 53.0 Å². The summed E-state index contributed by atoms with van der Waals surface area (Å²) in [6, 6.07) is 19.3. The van der Waals surface area contributed by atoms with Gasteiger partial charge in [-0.25, -0.2) is 9.48 Å². The molecule has 7 nitrogen and oxygen atoms in total. The molecule has 2 N–H and O–H groups in total. The highest BCUT2D eigenvalue weighted by Gasteiger charge is 2.23. The Labute approximate surface area is 202 Å². The molecule has 0 saturated carbocycles. The minimum absolute atomic E-state index is 0.0434. The van der Waals surface area contributed by atoms with Gasteiger partial charge in [-0.2, -0.15) is 5.10 Å². The number of anilines is 1. The Morgan fingerprint density at radius 3 is 2.35 bits per heavy atom. The van der Waals surface area contributed by atoms with Gasteiger partial charge in [0.2, 0.25) is 5.91 Å². The minimum atomic E-state index is -0.265. The first-order valence-electron chi connectivity index (χ1n) is 11.7. The molecule has 0 saturated heterocycles. The number of benzene rings is 2. The van der Waals surface area contributed by atoms with E-state index >= 15 is 0 Å². The molecule has 1 heterocycles. The van der Waals surface area contributed by atoms with Crippen LogP contribution < -0.4 is 10.6 Å². The number of nitrogens with zero attached hydrogens (tertiary/aromatic N) is 3. The van der Waals surface area contributed by atoms with E-state index in [2.05, 4.69) is 31.4 Å². The zero-order valence-corrected chi connectivity index (χ0v) is 20.8. The summed E-state index contributed by atoms with van der Waals surface area (Å²) in [5, 5.41) is 10.7. The molecule has 0 aliphatic carbocycles. The molecule has 3 aromatic rings. The SMILES string of the molecule is CCCN(CC(=O)Nc1cc(C(C)(C)C)nn1-c1ccccc1C)C(=O)NCc1ccccc1. The van der Waals surface area contributed by atoms with Crippen LogP contribution >= 0.6 is 0 Å². The van der Waals surface area contributed by atoms with Gasteiger partial charge in [-0.05, 0) is 30.5 Å². The van der Waals surface area contributed by atoms with Crippen molar-refractivity contribution in [1.82, 2.24) is 20.0 Å². The molecule has 0 aliphatic heterocycles. The van der Waals surface area contributed by atoms with Crippen LogP contribution in [0, 0.1) is 6.92 Å². The molecule has 0 atom stereocenters. The Balaban J connectivity index is 1.76. The predicted molar refractivity (Wildman–Crippen MR) is 136 cm³/mol. The van der Waals surface area contributed by atoms with Crippen molar-refractivity contribution < 1.29 is 9.59 Å². The van der Waals surface area contributed by atoms with E-state index in [1.54, 1.807) is 4.68 Å². The van der Waals surface area contributed by atoms with Crippen molar-refractivity contribution in [3.8, 4) is 5.69 Å². The van der Waals surface area contributed by atoms with Gasteiger partial charge in [0.1, 0.15) is 12.4 Å². The monoisotopic (exact) mass is 461 g/mol. The summed E-state index contributed by atoms with van der Waals surface area (Å²) in [6.45, 7) is 11.1. The van der Waals surface area contributed by atoms with Gasteiger partial charge in [-0.15, -0.1) is 0 Å². The van der Waals surface area contributed by atoms with Crippen molar-refractivity contribution >= 4 is 17.8 Å². The molecule has 2 aromatic carbocycles. The molecule has 0 bridgehead atoms. The number of para-hydroxylation sites is 1. The van der Waals surface area contributed by atoms with Crippen LogP contribution in [-0.4, -0.2) is 39.7 Å². The van der Waals surface area contributed by atoms with E-state index in [0.29, 0.717) is 18.9 Å². The molecule has 3 rings (SSSR count). The van der Waals surface area contributed by atoms with Crippen molar-refractivity contribution in [3.05, 3.63) is 77.5 Å². The van der Waals surface area contributed by atoms with Crippen molar-refractivity contribution in [3.63, 3.8) is 0 Å². The summed E-state index contributed by atoms with van der Waals surface area (Å²) in [5.74, 6) is 0.323. The number of urea groups is 1. The summed E-state index contributed by atoms with van der Waals surface area (Å²) in [4.78, 5) is 27.3. The van der Waals surface area contributed by atoms with Gasteiger partial charge < -0.3 is 15.5 Å². The number of rotatable bonds is 8. The van der Waals surface area contributed by atoms with E-state index in [-0.39, 0.29) is 23.9 Å². The number of nitrogens with one attached hydrogen (secondary N) is 2. The average Bonchev–Trinajstić information content (AvgIpc) is 3.22. The smallest absolute Gasteiger partial charge is 0.318 e. The van der Waals surface area contributed by atoms with Crippen LogP contribution in [0.15, 0.2) is 60.7 Å². The van der Waals surface area contributed by atoms with Crippen molar-refractivity contribution in [2.24, 2.45) is 0 Å². The van der Waals surface area contributed by atoms with Crippen molar-refractivity contribution in [2.75, 3.05) is 18.4 Å². The Hall–Kier alpha value is -3.61. The van der Waals surface area contributed by atoms with Gasteiger partial charge in [-0.3, -0.25) is 4.79 Å². The van der Waals surface area contributed by atoms with Crippen LogP contribution in [0.25, 0.3) is 5.69 Å². The zero-order valence-electron chi connectivity index (χ0n) is 20.8. The maximum atomic E-state index is 13.0. The second kappa shape index (κ2) is 11.0. The lowest BCUT2D eigenvalue weighted by molar-refractivity contribution is -0.116. The fourth-order valence-electron chi connectivity index (χ4n) is 3.58. The van der Waals surface area contributed by atoms with E-state index in [4.69, 9.17) is 5.10 Å². The molecule has 0 fully saturated rings. The highest BCUT2D eigenvalue weighted by atomic mass is 16.2. The summed E-state index contributed by atoms with van der Waals surface area (Å²) in [6.07, 6.45) is 0.751. The fraction of sp³-hybridized carbons (Fsp3) is 0.370. The van der Waals surface area contributed by atoms with Crippen LogP contribution in [0.4, 0.5) is 10.6 Å². The number of carbonyl (C=O) groups is 2.